The molecule has 2 nitrogen and oxygen atoms in total. The average Bonchev–Trinajstić information content (AvgIpc) is 2.26. The maximum Gasteiger partial charge on any atom is 0.416 e. The van der Waals surface area contributed by atoms with Crippen molar-refractivity contribution in [3.63, 3.8) is 0 Å². The van der Waals surface area contributed by atoms with E-state index in [1.165, 1.54) is 13.2 Å². The lowest BCUT2D eigenvalue weighted by Crippen LogP contribution is -2.15. The van der Waals surface area contributed by atoms with Crippen LogP contribution in [0.2, 0.25) is 0 Å². The predicted octanol–water partition coefficient (Wildman–Crippen LogP) is 4.18. The molecule has 2 N–H and O–H groups in total. The maximum absolute atomic E-state index is 12.6. The second kappa shape index (κ2) is 7.01. The highest BCUT2D eigenvalue weighted by Gasteiger charge is 2.31. The molecule has 1 aromatic rings. The molecule has 0 aromatic heterocycles. The summed E-state index contributed by atoms with van der Waals surface area (Å²) < 4.78 is 42.7. The van der Waals surface area contributed by atoms with E-state index in [0.717, 1.165) is 12.1 Å². The quantitative estimate of drug-likeness (QED) is 0.905. The fraction of sp³-hybridized carbons (Fsp3) is 0.538. The number of hydrogen-bond acceptors (Lipinski definition) is 2. The van der Waals surface area contributed by atoms with E-state index in [1.54, 1.807) is 0 Å². The lowest BCUT2D eigenvalue weighted by atomic mass is 9.96. The molecule has 0 aliphatic heterocycles. The van der Waals surface area contributed by atoms with Crippen LogP contribution in [0.4, 0.5) is 13.2 Å². The summed E-state index contributed by atoms with van der Waals surface area (Å²) in [5, 5.41) is 0. The summed E-state index contributed by atoms with van der Waals surface area (Å²) in [7, 11) is 1.35. The van der Waals surface area contributed by atoms with Gasteiger partial charge in [-0.15, -0.1) is 12.4 Å². The van der Waals surface area contributed by atoms with Crippen molar-refractivity contribution in [3.05, 3.63) is 29.3 Å². The second-order valence-electron chi connectivity index (χ2n) is 4.69. The summed E-state index contributed by atoms with van der Waals surface area (Å²) >= 11 is 0. The molecule has 0 aliphatic rings. The van der Waals surface area contributed by atoms with Gasteiger partial charge in [-0.1, -0.05) is 19.9 Å². The molecular weight excluding hydrogens is 279 g/mol. The molecule has 110 valence electrons. The first-order valence-corrected chi connectivity index (χ1v) is 5.76. The van der Waals surface area contributed by atoms with Crippen LogP contribution in [0, 0.1) is 5.92 Å². The number of benzene rings is 1. The van der Waals surface area contributed by atoms with Gasteiger partial charge in [0.2, 0.25) is 0 Å². The van der Waals surface area contributed by atoms with Gasteiger partial charge in [0.25, 0.3) is 0 Å². The number of methoxy groups -OCH3 is 1. The number of rotatable bonds is 4. The smallest absolute Gasteiger partial charge is 0.416 e. The largest absolute Gasteiger partial charge is 0.496 e. The molecule has 6 heteroatoms. The topological polar surface area (TPSA) is 35.2 Å². The van der Waals surface area contributed by atoms with Gasteiger partial charge in [-0.3, -0.25) is 0 Å². The van der Waals surface area contributed by atoms with Crippen molar-refractivity contribution in [2.24, 2.45) is 11.7 Å². The Balaban J connectivity index is 0.00000324. The normalized spacial score (nSPS) is 13.1. The van der Waals surface area contributed by atoms with Gasteiger partial charge in [-0.05, 0) is 24.5 Å². The minimum Gasteiger partial charge on any atom is -0.496 e. The minimum absolute atomic E-state index is 0. The van der Waals surface area contributed by atoms with E-state index in [2.05, 4.69) is 0 Å². The SMILES string of the molecule is COc1cc(C(F)(F)F)ccc1[C@@H](N)CC(C)C.Cl. The Morgan fingerprint density at radius 2 is 1.84 bits per heavy atom. The third-order valence-electron chi connectivity index (χ3n) is 2.69. The fourth-order valence-corrected chi connectivity index (χ4v) is 1.83. The number of hydrogen-bond donors (Lipinski definition) is 1. The molecule has 0 fully saturated rings. The fourth-order valence-electron chi connectivity index (χ4n) is 1.83. The van der Waals surface area contributed by atoms with E-state index in [4.69, 9.17) is 10.5 Å². The van der Waals surface area contributed by atoms with Crippen molar-refractivity contribution in [3.8, 4) is 5.75 Å². The summed E-state index contributed by atoms with van der Waals surface area (Å²) in [6.45, 7) is 4.02. The van der Waals surface area contributed by atoms with E-state index in [0.29, 0.717) is 17.9 Å². The Hall–Kier alpha value is -0.940. The molecule has 0 amide bonds. The number of nitrogens with two attached hydrogens (primary N) is 1. The zero-order chi connectivity index (χ0) is 13.9. The van der Waals surface area contributed by atoms with Crippen molar-refractivity contribution < 1.29 is 17.9 Å². The molecule has 19 heavy (non-hydrogen) atoms. The van der Waals surface area contributed by atoms with Gasteiger partial charge in [0, 0.05) is 11.6 Å². The second-order valence-corrected chi connectivity index (χ2v) is 4.69. The molecular formula is C13H19ClF3NO. The van der Waals surface area contributed by atoms with Crippen molar-refractivity contribution in [2.75, 3.05) is 7.11 Å². The zero-order valence-electron chi connectivity index (χ0n) is 11.1. The van der Waals surface area contributed by atoms with Crippen LogP contribution in [0.1, 0.15) is 37.4 Å². The van der Waals surface area contributed by atoms with Crippen molar-refractivity contribution in [1.82, 2.24) is 0 Å². The van der Waals surface area contributed by atoms with Gasteiger partial charge < -0.3 is 10.5 Å². The lowest BCUT2D eigenvalue weighted by Gasteiger charge is -2.19. The highest BCUT2D eigenvalue weighted by Crippen LogP contribution is 2.35. The third-order valence-corrected chi connectivity index (χ3v) is 2.69. The first-order valence-electron chi connectivity index (χ1n) is 5.76. The molecule has 0 heterocycles. The van der Waals surface area contributed by atoms with Crippen LogP contribution < -0.4 is 10.5 Å². The van der Waals surface area contributed by atoms with E-state index in [1.807, 2.05) is 13.8 Å². The summed E-state index contributed by atoms with van der Waals surface area (Å²) in [4.78, 5) is 0. The first kappa shape index (κ1) is 18.1. The van der Waals surface area contributed by atoms with Crippen LogP contribution >= 0.6 is 12.4 Å². The third kappa shape index (κ3) is 4.91. The number of halogens is 4. The van der Waals surface area contributed by atoms with Crippen LogP contribution in [0.25, 0.3) is 0 Å². The van der Waals surface area contributed by atoms with Gasteiger partial charge in [-0.25, -0.2) is 0 Å². The van der Waals surface area contributed by atoms with E-state index in [-0.39, 0.29) is 24.2 Å². The standard InChI is InChI=1S/C13H18F3NO.ClH/c1-8(2)6-11(17)10-5-4-9(13(14,15)16)7-12(10)18-3;/h4-5,7-8,11H,6,17H2,1-3H3;1H/t11-;/m0./s1. The molecule has 0 aliphatic carbocycles. The molecule has 0 saturated carbocycles. The van der Waals surface area contributed by atoms with Gasteiger partial charge in [0.1, 0.15) is 5.75 Å². The highest BCUT2D eigenvalue weighted by atomic mass is 35.5. The van der Waals surface area contributed by atoms with E-state index in [9.17, 15) is 13.2 Å². The van der Waals surface area contributed by atoms with E-state index >= 15 is 0 Å². The molecule has 0 bridgehead atoms. The summed E-state index contributed by atoms with van der Waals surface area (Å²) in [6.07, 6.45) is -3.67. The van der Waals surface area contributed by atoms with Crippen LogP contribution in [0.3, 0.4) is 0 Å². The Bertz CT molecular complexity index is 407. The van der Waals surface area contributed by atoms with Crippen molar-refractivity contribution in [2.45, 2.75) is 32.5 Å². The molecule has 1 aromatic carbocycles. The van der Waals surface area contributed by atoms with Gasteiger partial charge >= 0.3 is 6.18 Å². The molecule has 1 atom stereocenters. The average molecular weight is 298 g/mol. The lowest BCUT2D eigenvalue weighted by molar-refractivity contribution is -0.137. The van der Waals surface area contributed by atoms with Gasteiger partial charge in [0.15, 0.2) is 0 Å². The summed E-state index contributed by atoms with van der Waals surface area (Å²) in [6, 6.07) is 3.12. The number of alkyl halides is 3. The van der Waals surface area contributed by atoms with Crippen LogP contribution in [0.15, 0.2) is 18.2 Å². The number of ether oxygens (including phenoxy) is 1. The molecule has 1 rings (SSSR count). The Morgan fingerprint density at radius 1 is 1.26 bits per heavy atom. The summed E-state index contributed by atoms with van der Waals surface area (Å²) in [5.74, 6) is 0.560. The molecule has 0 spiro atoms. The van der Waals surface area contributed by atoms with Crippen LogP contribution in [-0.4, -0.2) is 7.11 Å². The van der Waals surface area contributed by atoms with Gasteiger partial charge in [-0.2, -0.15) is 13.2 Å². The first-order chi connectivity index (χ1) is 8.25. The molecule has 0 radical (unpaired) electrons. The van der Waals surface area contributed by atoms with Crippen molar-refractivity contribution >= 4 is 12.4 Å². The predicted molar refractivity (Wildman–Crippen MR) is 71.6 cm³/mol. The molecule has 0 unspecified atom stereocenters. The zero-order valence-corrected chi connectivity index (χ0v) is 11.9. The van der Waals surface area contributed by atoms with Gasteiger partial charge in [0.05, 0.1) is 12.7 Å². The molecule has 0 saturated heterocycles. The van der Waals surface area contributed by atoms with Crippen molar-refractivity contribution in [1.29, 1.82) is 0 Å². The Labute approximate surface area is 117 Å². The van der Waals surface area contributed by atoms with Crippen LogP contribution in [-0.2, 0) is 6.18 Å². The van der Waals surface area contributed by atoms with E-state index < -0.39 is 11.7 Å². The Morgan fingerprint density at radius 3 is 2.26 bits per heavy atom. The monoisotopic (exact) mass is 297 g/mol. The maximum atomic E-state index is 12.6. The van der Waals surface area contributed by atoms with Crippen LogP contribution in [0.5, 0.6) is 5.75 Å². The minimum atomic E-state index is -4.37. The Kier molecular flexibility index (Phi) is 6.66. The summed E-state index contributed by atoms with van der Waals surface area (Å²) in [5.41, 5.74) is 5.86. The highest BCUT2D eigenvalue weighted by molar-refractivity contribution is 5.85.